The molecule has 0 aliphatic heterocycles. The lowest BCUT2D eigenvalue weighted by atomic mass is 10.2. The second-order valence-corrected chi connectivity index (χ2v) is 8.96. The van der Waals surface area contributed by atoms with Gasteiger partial charge in [-0.05, 0) is 37.4 Å². The summed E-state index contributed by atoms with van der Waals surface area (Å²) in [4.78, 5) is 21.5. The Balaban J connectivity index is 1.28. The molecule has 0 bridgehead atoms. The van der Waals surface area contributed by atoms with Crippen molar-refractivity contribution in [3.63, 3.8) is 0 Å². The zero-order chi connectivity index (χ0) is 20.0. The van der Waals surface area contributed by atoms with Crippen molar-refractivity contribution in [1.82, 2.24) is 19.7 Å². The number of imidazole rings is 1. The van der Waals surface area contributed by atoms with Gasteiger partial charge in [0.05, 0.1) is 32.2 Å². The summed E-state index contributed by atoms with van der Waals surface area (Å²) in [6.07, 6.45) is 1.95. The number of nitrogens with zero attached hydrogens (tertiary/aromatic N) is 3. The van der Waals surface area contributed by atoms with E-state index in [0.717, 1.165) is 48.1 Å². The van der Waals surface area contributed by atoms with Gasteiger partial charge in [-0.15, -0.1) is 22.7 Å². The first kappa shape index (κ1) is 18.1. The van der Waals surface area contributed by atoms with Gasteiger partial charge < -0.3 is 14.5 Å². The van der Waals surface area contributed by atoms with Crippen LogP contribution in [0.5, 0.6) is 5.75 Å². The van der Waals surface area contributed by atoms with Gasteiger partial charge in [0.1, 0.15) is 11.4 Å². The molecular formula is C21H18N4O2S2. The van der Waals surface area contributed by atoms with Crippen LogP contribution in [0.4, 0.5) is 0 Å². The smallest absolute Gasteiger partial charge is 0.258 e. The summed E-state index contributed by atoms with van der Waals surface area (Å²) in [6.45, 7) is 4.35. The maximum atomic E-state index is 12.3. The maximum absolute atomic E-state index is 12.3. The molecule has 0 saturated heterocycles. The minimum atomic E-state index is -0.178. The third kappa shape index (κ3) is 3.34. The van der Waals surface area contributed by atoms with Gasteiger partial charge in [0.2, 0.25) is 0 Å². The number of carbonyl (C=O) groups excluding carboxylic acids is 1. The van der Waals surface area contributed by atoms with E-state index in [1.165, 1.54) is 0 Å². The van der Waals surface area contributed by atoms with Crippen LogP contribution in [0.15, 0.2) is 41.9 Å². The number of nitrogens with one attached hydrogen (secondary N) is 1. The summed E-state index contributed by atoms with van der Waals surface area (Å²) in [5.41, 5.74) is 3.80. The molecule has 5 rings (SSSR count). The van der Waals surface area contributed by atoms with Crippen molar-refractivity contribution in [2.24, 2.45) is 0 Å². The van der Waals surface area contributed by atoms with Crippen LogP contribution >= 0.6 is 22.7 Å². The largest absolute Gasteiger partial charge is 0.483 e. The number of aryl methyl sites for hydroxylation is 2. The monoisotopic (exact) mass is 422 g/mol. The van der Waals surface area contributed by atoms with Crippen molar-refractivity contribution in [3.05, 3.63) is 58.3 Å². The number of thiazole rings is 1. The minimum absolute atomic E-state index is 0.0410. The molecule has 29 heavy (non-hydrogen) atoms. The summed E-state index contributed by atoms with van der Waals surface area (Å²) in [5, 5.41) is 6.93. The number of hydrogen-bond acceptors (Lipinski definition) is 6. The molecule has 146 valence electrons. The first-order chi connectivity index (χ1) is 14.1. The van der Waals surface area contributed by atoms with Crippen LogP contribution < -0.4 is 10.1 Å². The van der Waals surface area contributed by atoms with Crippen LogP contribution in [0.3, 0.4) is 0 Å². The van der Waals surface area contributed by atoms with E-state index in [-0.39, 0.29) is 12.5 Å². The van der Waals surface area contributed by atoms with Crippen LogP contribution in [0.25, 0.3) is 25.9 Å². The van der Waals surface area contributed by atoms with Crippen LogP contribution in [-0.4, -0.2) is 26.9 Å². The molecule has 0 fully saturated rings. The first-order valence-corrected chi connectivity index (χ1v) is 10.9. The summed E-state index contributed by atoms with van der Waals surface area (Å²) in [7, 11) is 0. The number of benzene rings is 1. The van der Waals surface area contributed by atoms with Crippen molar-refractivity contribution in [1.29, 1.82) is 0 Å². The molecule has 1 N–H and O–H groups in total. The number of thiophene rings is 1. The predicted octanol–water partition coefficient (Wildman–Crippen LogP) is 4.47. The molecule has 0 aliphatic rings. The molecule has 0 saturated carbocycles. The van der Waals surface area contributed by atoms with Gasteiger partial charge in [0.25, 0.3) is 5.91 Å². The number of pyridine rings is 1. The van der Waals surface area contributed by atoms with Crippen molar-refractivity contribution in [3.8, 4) is 5.75 Å². The summed E-state index contributed by atoms with van der Waals surface area (Å²) >= 11 is 3.28. The zero-order valence-electron chi connectivity index (χ0n) is 15.9. The molecule has 1 amide bonds. The van der Waals surface area contributed by atoms with Crippen LogP contribution in [0.1, 0.15) is 16.4 Å². The van der Waals surface area contributed by atoms with Crippen LogP contribution in [0, 0.1) is 13.8 Å². The second-order valence-electron chi connectivity index (χ2n) is 6.81. The molecule has 0 radical (unpaired) electrons. The Hall–Kier alpha value is -2.97. The lowest BCUT2D eigenvalue weighted by Gasteiger charge is -2.08. The molecular weight excluding hydrogens is 404 g/mol. The Labute approximate surface area is 174 Å². The summed E-state index contributed by atoms with van der Waals surface area (Å²) in [6, 6.07) is 9.94. The first-order valence-electron chi connectivity index (χ1n) is 9.19. The molecule has 4 heterocycles. The zero-order valence-corrected chi connectivity index (χ0v) is 17.6. The standard InChI is InChI=1S/C21H18N4O2S2/c1-12-4-3-5-18-24-14(10-25(12)18)9-22-19(26)11-27-16-8-17-20(23-13(2)29-17)21-15(16)6-7-28-21/h3-8,10H,9,11H2,1-2H3,(H,22,26). The van der Waals surface area contributed by atoms with E-state index in [4.69, 9.17) is 4.74 Å². The third-order valence-corrected chi connectivity index (χ3v) is 6.58. The third-order valence-electron chi connectivity index (χ3n) is 4.74. The predicted molar refractivity (Wildman–Crippen MR) is 117 cm³/mol. The van der Waals surface area contributed by atoms with E-state index in [2.05, 4.69) is 15.3 Å². The minimum Gasteiger partial charge on any atom is -0.483 e. The SMILES string of the molecule is Cc1nc2c(cc(OCC(=O)NCc3cn4c(C)cccc4n3)c3ccsc32)s1. The van der Waals surface area contributed by atoms with Gasteiger partial charge in [-0.3, -0.25) is 4.79 Å². The fraction of sp³-hybridized carbons (Fsp3) is 0.190. The van der Waals surface area contributed by atoms with Gasteiger partial charge in [0, 0.05) is 23.3 Å². The van der Waals surface area contributed by atoms with Crippen molar-refractivity contribution in [2.75, 3.05) is 6.61 Å². The van der Waals surface area contributed by atoms with Crippen LogP contribution in [-0.2, 0) is 11.3 Å². The highest BCUT2D eigenvalue weighted by Crippen LogP contribution is 2.38. The second kappa shape index (κ2) is 7.13. The molecule has 0 atom stereocenters. The van der Waals surface area contributed by atoms with Gasteiger partial charge in [-0.2, -0.15) is 0 Å². The Bertz CT molecular complexity index is 1370. The highest BCUT2D eigenvalue weighted by atomic mass is 32.1. The van der Waals surface area contributed by atoms with E-state index in [0.29, 0.717) is 6.54 Å². The summed E-state index contributed by atoms with van der Waals surface area (Å²) in [5.74, 6) is 0.540. The highest BCUT2D eigenvalue weighted by Gasteiger charge is 2.14. The number of amides is 1. The molecule has 8 heteroatoms. The van der Waals surface area contributed by atoms with Crippen molar-refractivity contribution >= 4 is 54.5 Å². The van der Waals surface area contributed by atoms with Crippen LogP contribution in [0.2, 0.25) is 0 Å². The summed E-state index contributed by atoms with van der Waals surface area (Å²) < 4.78 is 10.1. The average molecular weight is 423 g/mol. The van der Waals surface area contributed by atoms with Gasteiger partial charge in [0.15, 0.2) is 6.61 Å². The van der Waals surface area contributed by atoms with Gasteiger partial charge in [-0.1, -0.05) is 6.07 Å². The van der Waals surface area contributed by atoms with E-state index in [1.807, 2.05) is 60.2 Å². The number of fused-ring (bicyclic) bond motifs is 4. The fourth-order valence-corrected chi connectivity index (χ4v) is 5.21. The fourth-order valence-electron chi connectivity index (χ4n) is 3.37. The Morgan fingerprint density at radius 2 is 2.14 bits per heavy atom. The Morgan fingerprint density at radius 3 is 3.00 bits per heavy atom. The maximum Gasteiger partial charge on any atom is 0.258 e. The topological polar surface area (TPSA) is 68.5 Å². The molecule has 1 aromatic carbocycles. The van der Waals surface area contributed by atoms with Crippen molar-refractivity contribution < 1.29 is 9.53 Å². The van der Waals surface area contributed by atoms with E-state index in [1.54, 1.807) is 22.7 Å². The normalized spacial score (nSPS) is 11.5. The number of rotatable bonds is 5. The molecule has 0 aliphatic carbocycles. The highest BCUT2D eigenvalue weighted by molar-refractivity contribution is 7.21. The van der Waals surface area contributed by atoms with Gasteiger partial charge >= 0.3 is 0 Å². The molecule has 0 spiro atoms. The lowest BCUT2D eigenvalue weighted by molar-refractivity contribution is -0.123. The molecule has 6 nitrogen and oxygen atoms in total. The number of ether oxygens (including phenoxy) is 1. The molecule has 4 aromatic heterocycles. The van der Waals surface area contributed by atoms with Gasteiger partial charge in [-0.25, -0.2) is 9.97 Å². The number of hydrogen-bond donors (Lipinski definition) is 1. The Morgan fingerprint density at radius 1 is 1.24 bits per heavy atom. The van der Waals surface area contributed by atoms with E-state index in [9.17, 15) is 4.79 Å². The quantitative estimate of drug-likeness (QED) is 0.454. The molecule has 0 unspecified atom stereocenters. The average Bonchev–Trinajstić information content (AvgIpc) is 3.41. The lowest BCUT2D eigenvalue weighted by Crippen LogP contribution is -2.28. The molecule has 5 aromatic rings. The van der Waals surface area contributed by atoms with E-state index >= 15 is 0 Å². The number of aromatic nitrogens is 3. The Kier molecular flexibility index (Phi) is 4.44. The number of carbonyl (C=O) groups is 1. The van der Waals surface area contributed by atoms with Crippen molar-refractivity contribution in [2.45, 2.75) is 20.4 Å². The van der Waals surface area contributed by atoms with E-state index < -0.39 is 0 Å².